The van der Waals surface area contributed by atoms with Crippen LogP contribution in [0.25, 0.3) is 0 Å². The molecule has 0 spiro atoms. The zero-order valence-electron chi connectivity index (χ0n) is 15.0. The Balaban J connectivity index is 1.79. The van der Waals surface area contributed by atoms with E-state index < -0.39 is 18.1 Å². The fourth-order valence-electron chi connectivity index (χ4n) is 3.40. The number of nitrogens with zero attached hydrogens (tertiary/aromatic N) is 2. The zero-order chi connectivity index (χ0) is 18.7. The molecule has 0 fully saturated rings. The number of carbonyl (C=O) groups excluding carboxylic acids is 2. The maximum absolute atomic E-state index is 12.6. The molecule has 0 radical (unpaired) electrons. The molecule has 1 aliphatic rings. The van der Waals surface area contributed by atoms with Gasteiger partial charge in [-0.2, -0.15) is 5.10 Å². The van der Waals surface area contributed by atoms with E-state index in [1.54, 1.807) is 11.6 Å². The van der Waals surface area contributed by atoms with Crippen LogP contribution in [0.1, 0.15) is 55.7 Å². The van der Waals surface area contributed by atoms with E-state index in [9.17, 15) is 9.59 Å². The minimum Gasteiger partial charge on any atom is -0.460 e. The number of nitrogens with two attached hydrogens (primary N) is 1. The van der Waals surface area contributed by atoms with Crippen LogP contribution < -0.4 is 5.73 Å². The molecule has 3 rings (SSSR count). The lowest BCUT2D eigenvalue weighted by atomic mass is 9.86. The first-order valence-corrected chi connectivity index (χ1v) is 8.72. The average Bonchev–Trinajstić information content (AvgIpc) is 2.97. The zero-order valence-corrected chi connectivity index (χ0v) is 15.0. The number of hydrogen-bond acceptors (Lipinski definition) is 6. The van der Waals surface area contributed by atoms with Crippen molar-refractivity contribution in [1.29, 1.82) is 0 Å². The van der Waals surface area contributed by atoms with Crippen LogP contribution in [-0.2, 0) is 32.1 Å². The molecular weight excluding hydrogens is 334 g/mol. The molecule has 2 aromatic rings. The molecule has 0 aliphatic heterocycles. The molecule has 138 valence electrons. The number of anilines is 1. The standard InChI is InChI=1S/C19H23N3O4/c1-12(26-13(2)23)22-16-10-6-9-15(17(16)18(20)21-22)19(24)25-11-14-7-4-3-5-8-14/h3-5,7-8,12,15H,6,9-11H2,1-2H3,(H2,20,21). The molecule has 7 heteroatoms. The second-order valence-corrected chi connectivity index (χ2v) is 6.44. The lowest BCUT2D eigenvalue weighted by molar-refractivity contribution is -0.151. The number of aromatic nitrogens is 2. The number of benzene rings is 1. The van der Waals surface area contributed by atoms with Crippen LogP contribution >= 0.6 is 0 Å². The van der Waals surface area contributed by atoms with E-state index in [1.807, 2.05) is 30.3 Å². The van der Waals surface area contributed by atoms with E-state index >= 15 is 0 Å². The van der Waals surface area contributed by atoms with Crippen molar-refractivity contribution < 1.29 is 19.1 Å². The van der Waals surface area contributed by atoms with Gasteiger partial charge in [0.2, 0.25) is 0 Å². The highest BCUT2D eigenvalue weighted by Gasteiger charge is 2.34. The summed E-state index contributed by atoms with van der Waals surface area (Å²) in [4.78, 5) is 23.9. The topological polar surface area (TPSA) is 96.4 Å². The third kappa shape index (κ3) is 3.71. The van der Waals surface area contributed by atoms with Crippen molar-refractivity contribution in [3.63, 3.8) is 0 Å². The summed E-state index contributed by atoms with van der Waals surface area (Å²) >= 11 is 0. The van der Waals surface area contributed by atoms with Gasteiger partial charge in [0.05, 0.1) is 5.92 Å². The van der Waals surface area contributed by atoms with Gasteiger partial charge in [0.25, 0.3) is 0 Å². The maximum atomic E-state index is 12.6. The Morgan fingerprint density at radius 3 is 2.77 bits per heavy atom. The molecule has 1 aliphatic carbocycles. The van der Waals surface area contributed by atoms with Crippen molar-refractivity contribution in [2.75, 3.05) is 5.73 Å². The van der Waals surface area contributed by atoms with Crippen molar-refractivity contribution in [1.82, 2.24) is 9.78 Å². The van der Waals surface area contributed by atoms with Gasteiger partial charge in [-0.15, -0.1) is 0 Å². The summed E-state index contributed by atoms with van der Waals surface area (Å²) in [7, 11) is 0. The summed E-state index contributed by atoms with van der Waals surface area (Å²) in [6.07, 6.45) is 1.64. The van der Waals surface area contributed by atoms with Gasteiger partial charge in [-0.3, -0.25) is 9.59 Å². The average molecular weight is 357 g/mol. The first kappa shape index (κ1) is 18.0. The third-order valence-corrected chi connectivity index (χ3v) is 4.52. The van der Waals surface area contributed by atoms with Gasteiger partial charge in [0.1, 0.15) is 12.4 Å². The first-order chi connectivity index (χ1) is 12.5. The van der Waals surface area contributed by atoms with Crippen molar-refractivity contribution in [3.05, 3.63) is 47.2 Å². The van der Waals surface area contributed by atoms with E-state index in [0.717, 1.165) is 24.1 Å². The molecule has 2 atom stereocenters. The van der Waals surface area contributed by atoms with Crippen LogP contribution in [0.4, 0.5) is 5.82 Å². The minimum absolute atomic E-state index is 0.226. The Hall–Kier alpha value is -2.83. The molecule has 0 amide bonds. The predicted molar refractivity (Wildman–Crippen MR) is 95.0 cm³/mol. The summed E-state index contributed by atoms with van der Waals surface area (Å²) in [5.41, 5.74) is 8.56. The van der Waals surface area contributed by atoms with Gasteiger partial charge >= 0.3 is 11.9 Å². The van der Waals surface area contributed by atoms with Crippen LogP contribution in [-0.4, -0.2) is 21.7 Å². The summed E-state index contributed by atoms with van der Waals surface area (Å²) in [5, 5.41) is 4.31. The van der Waals surface area contributed by atoms with E-state index in [2.05, 4.69) is 5.10 Å². The fourth-order valence-corrected chi connectivity index (χ4v) is 3.40. The lowest BCUT2D eigenvalue weighted by Gasteiger charge is -2.23. The molecule has 1 heterocycles. The van der Waals surface area contributed by atoms with Crippen molar-refractivity contribution >= 4 is 17.8 Å². The number of nitrogen functional groups attached to an aromatic ring is 1. The van der Waals surface area contributed by atoms with Gasteiger partial charge < -0.3 is 15.2 Å². The Morgan fingerprint density at radius 1 is 1.35 bits per heavy atom. The second kappa shape index (κ2) is 7.59. The largest absolute Gasteiger partial charge is 0.460 e. The van der Waals surface area contributed by atoms with Crippen LogP contribution in [0.3, 0.4) is 0 Å². The van der Waals surface area contributed by atoms with Gasteiger partial charge in [0, 0.05) is 18.2 Å². The molecule has 0 saturated heterocycles. The van der Waals surface area contributed by atoms with Crippen LogP contribution in [0.15, 0.2) is 30.3 Å². The summed E-state index contributed by atoms with van der Waals surface area (Å²) in [6, 6.07) is 9.54. The Labute approximate surface area is 152 Å². The number of rotatable bonds is 5. The minimum atomic E-state index is -0.572. The Bertz CT molecular complexity index is 801. The van der Waals surface area contributed by atoms with Crippen molar-refractivity contribution in [2.24, 2.45) is 0 Å². The number of fused-ring (bicyclic) bond motifs is 1. The monoisotopic (exact) mass is 357 g/mol. The number of ether oxygens (including phenoxy) is 2. The van der Waals surface area contributed by atoms with Crippen LogP contribution in [0.5, 0.6) is 0 Å². The summed E-state index contributed by atoms with van der Waals surface area (Å²) < 4.78 is 12.3. The van der Waals surface area contributed by atoms with Crippen molar-refractivity contribution in [3.8, 4) is 0 Å². The molecular formula is C19H23N3O4. The smallest absolute Gasteiger partial charge is 0.313 e. The highest BCUT2D eigenvalue weighted by Crippen LogP contribution is 2.37. The highest BCUT2D eigenvalue weighted by molar-refractivity contribution is 5.81. The number of carbonyl (C=O) groups is 2. The summed E-state index contributed by atoms with van der Waals surface area (Å²) in [5.74, 6) is -0.850. The lowest BCUT2D eigenvalue weighted by Crippen LogP contribution is -2.23. The summed E-state index contributed by atoms with van der Waals surface area (Å²) in [6.45, 7) is 3.30. The van der Waals surface area contributed by atoms with E-state index in [-0.39, 0.29) is 12.6 Å². The maximum Gasteiger partial charge on any atom is 0.313 e. The van der Waals surface area contributed by atoms with Gasteiger partial charge in [-0.25, -0.2) is 4.68 Å². The molecule has 7 nitrogen and oxygen atoms in total. The molecule has 2 N–H and O–H groups in total. The second-order valence-electron chi connectivity index (χ2n) is 6.44. The Morgan fingerprint density at radius 2 is 2.08 bits per heavy atom. The molecule has 1 aromatic carbocycles. The molecule has 1 aromatic heterocycles. The van der Waals surface area contributed by atoms with Gasteiger partial charge in [-0.1, -0.05) is 30.3 Å². The van der Waals surface area contributed by atoms with E-state index in [1.165, 1.54) is 6.92 Å². The van der Waals surface area contributed by atoms with Gasteiger partial charge in [0.15, 0.2) is 6.23 Å². The van der Waals surface area contributed by atoms with Gasteiger partial charge in [-0.05, 0) is 31.7 Å². The highest BCUT2D eigenvalue weighted by atomic mass is 16.6. The van der Waals surface area contributed by atoms with E-state index in [4.69, 9.17) is 15.2 Å². The predicted octanol–water partition coefficient (Wildman–Crippen LogP) is 2.71. The number of hydrogen-bond donors (Lipinski definition) is 1. The quantitative estimate of drug-likeness (QED) is 0.827. The van der Waals surface area contributed by atoms with Crippen LogP contribution in [0.2, 0.25) is 0 Å². The number of esters is 2. The third-order valence-electron chi connectivity index (χ3n) is 4.52. The molecule has 0 bridgehead atoms. The van der Waals surface area contributed by atoms with Crippen LogP contribution in [0, 0.1) is 0 Å². The normalized spacial score (nSPS) is 17.2. The molecule has 2 unspecified atom stereocenters. The SMILES string of the molecule is CC(=O)OC(C)n1nc(N)c2c1CCCC2C(=O)OCc1ccccc1. The fraction of sp³-hybridized carbons (Fsp3) is 0.421. The molecule has 26 heavy (non-hydrogen) atoms. The van der Waals surface area contributed by atoms with E-state index in [0.29, 0.717) is 17.8 Å². The first-order valence-electron chi connectivity index (χ1n) is 8.72. The Kier molecular flexibility index (Phi) is 5.25. The molecule has 0 saturated carbocycles. The van der Waals surface area contributed by atoms with Crippen molar-refractivity contribution in [2.45, 2.75) is 51.9 Å².